The average molecular weight is 476 g/mol. The number of anilines is 1. The molecular weight excluding hydrogens is 472 g/mol. The SMILES string of the molecule is O=C(Nc1cc(F)c(Br)cc1F)c1cc(Br)sc1Br. The molecule has 0 aliphatic rings. The van der Waals surface area contributed by atoms with Crippen LogP contribution in [0.1, 0.15) is 10.4 Å². The fourth-order valence-electron chi connectivity index (χ4n) is 1.30. The lowest BCUT2D eigenvalue weighted by atomic mass is 10.2. The Hall–Kier alpha value is -0.310. The van der Waals surface area contributed by atoms with Crippen LogP contribution < -0.4 is 5.32 Å². The van der Waals surface area contributed by atoms with E-state index in [1.54, 1.807) is 6.07 Å². The van der Waals surface area contributed by atoms with E-state index in [4.69, 9.17) is 0 Å². The lowest BCUT2D eigenvalue weighted by Gasteiger charge is -2.06. The van der Waals surface area contributed by atoms with Gasteiger partial charge >= 0.3 is 0 Å². The lowest BCUT2D eigenvalue weighted by Crippen LogP contribution is -2.13. The zero-order valence-electron chi connectivity index (χ0n) is 8.94. The monoisotopic (exact) mass is 473 g/mol. The van der Waals surface area contributed by atoms with Gasteiger partial charge in [-0.25, -0.2) is 8.78 Å². The third-order valence-corrected chi connectivity index (χ3v) is 5.11. The fraction of sp³-hybridized carbons (Fsp3) is 0. The standard InChI is InChI=1S/C11H4Br3F2NOS/c12-5-2-7(16)8(3-6(5)15)17-11(18)4-1-9(13)19-10(4)14/h1-3H,(H,17,18). The molecule has 1 amide bonds. The number of halogens is 5. The van der Waals surface area contributed by atoms with E-state index in [1.807, 2.05) is 0 Å². The topological polar surface area (TPSA) is 29.1 Å². The summed E-state index contributed by atoms with van der Waals surface area (Å²) in [6.07, 6.45) is 0. The minimum absolute atomic E-state index is 0.00228. The summed E-state index contributed by atoms with van der Waals surface area (Å²) < 4.78 is 28.3. The number of amides is 1. The first kappa shape index (κ1) is 15.1. The molecule has 1 N–H and O–H groups in total. The Balaban J connectivity index is 2.29. The molecule has 1 aromatic heterocycles. The number of carbonyl (C=O) groups is 1. The number of hydrogen-bond donors (Lipinski definition) is 1. The van der Waals surface area contributed by atoms with Crippen molar-refractivity contribution in [3.8, 4) is 0 Å². The molecule has 0 saturated carbocycles. The van der Waals surface area contributed by atoms with Crippen molar-refractivity contribution in [2.75, 3.05) is 5.32 Å². The van der Waals surface area contributed by atoms with Crippen molar-refractivity contribution in [3.05, 3.63) is 47.4 Å². The second kappa shape index (κ2) is 5.99. The van der Waals surface area contributed by atoms with E-state index in [0.29, 0.717) is 9.35 Å². The molecule has 1 heterocycles. The summed E-state index contributed by atoms with van der Waals surface area (Å²) in [5, 5.41) is 2.33. The van der Waals surface area contributed by atoms with Crippen molar-refractivity contribution >= 4 is 70.7 Å². The molecule has 1 aromatic carbocycles. The predicted molar refractivity (Wildman–Crippen MR) is 81.7 cm³/mol. The van der Waals surface area contributed by atoms with E-state index in [0.717, 1.165) is 15.9 Å². The zero-order valence-corrected chi connectivity index (χ0v) is 14.5. The van der Waals surface area contributed by atoms with Gasteiger partial charge < -0.3 is 5.32 Å². The molecule has 8 heteroatoms. The summed E-state index contributed by atoms with van der Waals surface area (Å²) in [6, 6.07) is 3.48. The first-order chi connectivity index (χ1) is 8.88. The molecule has 0 fully saturated rings. The highest BCUT2D eigenvalue weighted by Gasteiger charge is 2.16. The molecule has 2 nitrogen and oxygen atoms in total. The third kappa shape index (κ3) is 3.42. The van der Waals surface area contributed by atoms with Crippen LogP contribution in [-0.4, -0.2) is 5.91 Å². The first-order valence-electron chi connectivity index (χ1n) is 4.79. The number of nitrogens with one attached hydrogen (secondary N) is 1. The molecule has 0 aliphatic carbocycles. The van der Waals surface area contributed by atoms with E-state index < -0.39 is 17.5 Å². The van der Waals surface area contributed by atoms with Gasteiger partial charge in [0.25, 0.3) is 5.91 Å². The van der Waals surface area contributed by atoms with Crippen molar-refractivity contribution in [1.82, 2.24) is 0 Å². The predicted octanol–water partition coefficient (Wildman–Crippen LogP) is 5.57. The van der Waals surface area contributed by atoms with Crippen LogP contribution in [0.3, 0.4) is 0 Å². The highest BCUT2D eigenvalue weighted by Crippen LogP contribution is 2.32. The molecule has 2 rings (SSSR count). The molecule has 0 atom stereocenters. The maximum Gasteiger partial charge on any atom is 0.257 e. The normalized spacial score (nSPS) is 10.6. The number of carbonyl (C=O) groups excluding carboxylic acids is 1. The van der Waals surface area contributed by atoms with Gasteiger partial charge in [0.2, 0.25) is 0 Å². The summed E-state index contributed by atoms with van der Waals surface area (Å²) in [5.41, 5.74) is 0.138. The van der Waals surface area contributed by atoms with Gasteiger partial charge in [0.05, 0.1) is 23.3 Å². The number of thiophene rings is 1. The van der Waals surface area contributed by atoms with Crippen LogP contribution in [0.15, 0.2) is 30.2 Å². The van der Waals surface area contributed by atoms with Crippen molar-refractivity contribution in [2.45, 2.75) is 0 Å². The minimum Gasteiger partial charge on any atom is -0.319 e. The highest BCUT2D eigenvalue weighted by atomic mass is 79.9. The van der Waals surface area contributed by atoms with Crippen LogP contribution in [0.4, 0.5) is 14.5 Å². The van der Waals surface area contributed by atoms with Crippen LogP contribution >= 0.6 is 59.1 Å². The van der Waals surface area contributed by atoms with Crippen LogP contribution in [0.5, 0.6) is 0 Å². The summed E-state index contributed by atoms with van der Waals surface area (Å²) >= 11 is 10.7. The van der Waals surface area contributed by atoms with Crippen LogP contribution in [0, 0.1) is 11.6 Å². The molecule has 19 heavy (non-hydrogen) atoms. The summed E-state index contributed by atoms with van der Waals surface area (Å²) in [7, 11) is 0. The zero-order chi connectivity index (χ0) is 14.2. The van der Waals surface area contributed by atoms with E-state index in [2.05, 4.69) is 53.1 Å². The van der Waals surface area contributed by atoms with Gasteiger partial charge in [-0.1, -0.05) is 0 Å². The molecule has 0 saturated heterocycles. The summed E-state index contributed by atoms with van der Waals surface area (Å²) in [5.74, 6) is -1.89. The fourth-order valence-corrected chi connectivity index (χ4v) is 4.41. The van der Waals surface area contributed by atoms with E-state index in [-0.39, 0.29) is 10.2 Å². The average Bonchev–Trinajstić information content (AvgIpc) is 2.65. The van der Waals surface area contributed by atoms with Gasteiger partial charge in [0.1, 0.15) is 11.6 Å². The second-order valence-corrected chi connectivity index (χ2v) is 8.04. The Kier molecular flexibility index (Phi) is 4.75. The van der Waals surface area contributed by atoms with Gasteiger partial charge in [0.15, 0.2) is 0 Å². The molecule has 0 unspecified atom stereocenters. The Bertz CT molecular complexity index is 660. The Morgan fingerprint density at radius 3 is 2.37 bits per heavy atom. The quantitative estimate of drug-likeness (QED) is 0.566. The lowest BCUT2D eigenvalue weighted by molar-refractivity contribution is 0.102. The van der Waals surface area contributed by atoms with E-state index in [9.17, 15) is 13.6 Å². The molecule has 0 aliphatic heterocycles. The van der Waals surface area contributed by atoms with Crippen LogP contribution in [0.25, 0.3) is 0 Å². The molecule has 100 valence electrons. The van der Waals surface area contributed by atoms with Crippen molar-refractivity contribution in [1.29, 1.82) is 0 Å². The van der Waals surface area contributed by atoms with Crippen LogP contribution in [0.2, 0.25) is 0 Å². The first-order valence-corrected chi connectivity index (χ1v) is 7.98. The summed E-state index contributed by atoms with van der Waals surface area (Å²) in [4.78, 5) is 11.9. The van der Waals surface area contributed by atoms with Crippen molar-refractivity contribution < 1.29 is 13.6 Å². The van der Waals surface area contributed by atoms with Gasteiger partial charge in [-0.2, -0.15) is 0 Å². The van der Waals surface area contributed by atoms with Gasteiger partial charge in [-0.05, 0) is 59.9 Å². The molecule has 0 radical (unpaired) electrons. The third-order valence-electron chi connectivity index (χ3n) is 2.16. The molecule has 2 aromatic rings. The minimum atomic E-state index is -0.716. The van der Waals surface area contributed by atoms with Crippen molar-refractivity contribution in [3.63, 3.8) is 0 Å². The number of benzene rings is 1. The van der Waals surface area contributed by atoms with Gasteiger partial charge in [-0.15, -0.1) is 11.3 Å². The van der Waals surface area contributed by atoms with E-state index in [1.165, 1.54) is 11.3 Å². The Labute approximate surface area is 136 Å². The van der Waals surface area contributed by atoms with Crippen LogP contribution in [-0.2, 0) is 0 Å². The van der Waals surface area contributed by atoms with E-state index >= 15 is 0 Å². The summed E-state index contributed by atoms with van der Waals surface area (Å²) in [6.45, 7) is 0. The highest BCUT2D eigenvalue weighted by molar-refractivity contribution is 9.12. The van der Waals surface area contributed by atoms with Gasteiger partial charge in [-0.3, -0.25) is 4.79 Å². The maximum absolute atomic E-state index is 13.6. The maximum atomic E-state index is 13.6. The largest absolute Gasteiger partial charge is 0.319 e. The molecule has 0 bridgehead atoms. The Morgan fingerprint density at radius 2 is 1.79 bits per heavy atom. The molecular formula is C11H4Br3F2NOS. The molecule has 0 spiro atoms. The number of rotatable bonds is 2. The second-order valence-electron chi connectivity index (χ2n) is 3.44. The Morgan fingerprint density at radius 1 is 1.11 bits per heavy atom. The van der Waals surface area contributed by atoms with Crippen molar-refractivity contribution in [2.24, 2.45) is 0 Å². The number of hydrogen-bond acceptors (Lipinski definition) is 2. The smallest absolute Gasteiger partial charge is 0.257 e. The van der Waals surface area contributed by atoms with Gasteiger partial charge in [0, 0.05) is 6.07 Å².